The van der Waals surface area contributed by atoms with Crippen molar-refractivity contribution in [2.75, 3.05) is 11.9 Å². The van der Waals surface area contributed by atoms with Crippen LogP contribution in [0, 0.1) is 11.3 Å². The van der Waals surface area contributed by atoms with Crippen LogP contribution in [0.4, 0.5) is 5.82 Å². The normalized spacial score (nSPS) is 10.9. The first kappa shape index (κ1) is 17.6. The van der Waals surface area contributed by atoms with Crippen LogP contribution in [0.3, 0.4) is 0 Å². The van der Waals surface area contributed by atoms with Gasteiger partial charge in [0.25, 0.3) is 5.91 Å². The van der Waals surface area contributed by atoms with E-state index in [1.54, 1.807) is 48.4 Å². The number of H-pyrrole nitrogens is 1. The Morgan fingerprint density at radius 3 is 2.83 bits per heavy atom. The van der Waals surface area contributed by atoms with Gasteiger partial charge in [-0.3, -0.25) is 9.69 Å². The Hall–Kier alpha value is -4.51. The molecule has 1 amide bonds. The molecule has 144 valence electrons. The number of hydrogen-bond acceptors (Lipinski definition) is 5. The number of amides is 1. The number of nitriles is 1. The average molecular weight is 393 g/mol. The number of carbonyl (C=O) groups excluding carboxylic acids is 1. The zero-order chi connectivity index (χ0) is 20.7. The molecule has 0 saturated carbocycles. The van der Waals surface area contributed by atoms with E-state index in [4.69, 9.17) is 5.26 Å². The molecule has 0 aliphatic rings. The number of nitrogens with one attached hydrogen (secondary N) is 1. The highest BCUT2D eigenvalue weighted by atomic mass is 16.2. The van der Waals surface area contributed by atoms with Gasteiger partial charge in [0, 0.05) is 53.9 Å². The first-order valence-electron chi connectivity index (χ1n) is 9.19. The van der Waals surface area contributed by atoms with Gasteiger partial charge in [0.05, 0.1) is 17.3 Å². The van der Waals surface area contributed by atoms with Crippen LogP contribution in [0.25, 0.3) is 27.7 Å². The highest BCUT2D eigenvalue weighted by molar-refractivity contribution is 6.06. The first-order valence-corrected chi connectivity index (χ1v) is 9.19. The van der Waals surface area contributed by atoms with Gasteiger partial charge < -0.3 is 4.98 Å². The minimum Gasteiger partial charge on any atom is -0.346 e. The van der Waals surface area contributed by atoms with E-state index in [1.807, 2.05) is 30.5 Å². The van der Waals surface area contributed by atoms with Crippen LogP contribution in [-0.4, -0.2) is 37.5 Å². The third kappa shape index (κ3) is 2.86. The maximum absolute atomic E-state index is 13.0. The Bertz CT molecular complexity index is 1440. The molecular formula is C22H15N7O. The van der Waals surface area contributed by atoms with Crippen molar-refractivity contribution >= 4 is 28.3 Å². The summed E-state index contributed by atoms with van der Waals surface area (Å²) in [5, 5.41) is 14.3. The quantitative estimate of drug-likeness (QED) is 0.506. The summed E-state index contributed by atoms with van der Waals surface area (Å²) in [6.07, 6.45) is 8.61. The van der Waals surface area contributed by atoms with Gasteiger partial charge in [-0.15, -0.1) is 0 Å². The molecule has 0 aliphatic carbocycles. The largest absolute Gasteiger partial charge is 0.346 e. The number of hydrogen-bond donors (Lipinski definition) is 1. The Morgan fingerprint density at radius 1 is 1.13 bits per heavy atom. The Kier molecular flexibility index (Phi) is 4.00. The number of carbonyl (C=O) groups is 1. The fraction of sp³-hybridized carbons (Fsp3) is 0.0455. The standard InChI is InChI=1S/C22H15N7O/c1-28(20-3-2-14(10-23)11-25-20)22(30)16-5-7-29-19(9-16)18(13-27-29)17-8-15-4-6-24-21(15)26-12-17/h2-9,11-13H,1H3,(H,24,26). The lowest BCUT2D eigenvalue weighted by molar-refractivity contribution is 0.0992. The summed E-state index contributed by atoms with van der Waals surface area (Å²) in [5.41, 5.74) is 4.39. The van der Waals surface area contributed by atoms with Gasteiger partial charge in [0.1, 0.15) is 17.5 Å². The van der Waals surface area contributed by atoms with Gasteiger partial charge in [0.2, 0.25) is 0 Å². The van der Waals surface area contributed by atoms with Crippen molar-refractivity contribution in [3.8, 4) is 17.2 Å². The van der Waals surface area contributed by atoms with E-state index in [1.165, 1.54) is 11.1 Å². The van der Waals surface area contributed by atoms with Crippen molar-refractivity contribution in [2.45, 2.75) is 0 Å². The van der Waals surface area contributed by atoms with Gasteiger partial charge >= 0.3 is 0 Å². The summed E-state index contributed by atoms with van der Waals surface area (Å²) in [4.78, 5) is 26.2. The molecule has 5 heterocycles. The molecule has 8 nitrogen and oxygen atoms in total. The summed E-state index contributed by atoms with van der Waals surface area (Å²) < 4.78 is 1.73. The van der Waals surface area contributed by atoms with Crippen LogP contribution in [-0.2, 0) is 0 Å². The van der Waals surface area contributed by atoms with Crippen molar-refractivity contribution in [3.63, 3.8) is 0 Å². The van der Waals surface area contributed by atoms with E-state index < -0.39 is 0 Å². The molecule has 0 unspecified atom stereocenters. The summed E-state index contributed by atoms with van der Waals surface area (Å²) in [6.45, 7) is 0. The number of fused-ring (bicyclic) bond motifs is 2. The van der Waals surface area contributed by atoms with E-state index >= 15 is 0 Å². The van der Waals surface area contributed by atoms with Crippen LogP contribution < -0.4 is 4.90 Å². The second-order valence-corrected chi connectivity index (χ2v) is 6.82. The lowest BCUT2D eigenvalue weighted by atomic mass is 10.1. The van der Waals surface area contributed by atoms with Gasteiger partial charge in [-0.25, -0.2) is 14.5 Å². The van der Waals surface area contributed by atoms with Crippen molar-refractivity contribution in [2.24, 2.45) is 0 Å². The molecule has 1 N–H and O–H groups in total. The van der Waals surface area contributed by atoms with E-state index in [2.05, 4.69) is 20.1 Å². The third-order valence-electron chi connectivity index (χ3n) is 5.00. The Labute approximate surface area is 171 Å². The van der Waals surface area contributed by atoms with Crippen molar-refractivity contribution in [1.29, 1.82) is 5.26 Å². The van der Waals surface area contributed by atoms with E-state index in [-0.39, 0.29) is 5.91 Å². The summed E-state index contributed by atoms with van der Waals surface area (Å²) in [6, 6.07) is 12.8. The molecular weight excluding hydrogens is 378 g/mol. The number of aromatic nitrogens is 5. The van der Waals surface area contributed by atoms with E-state index in [0.717, 1.165) is 27.7 Å². The highest BCUT2D eigenvalue weighted by Crippen LogP contribution is 2.27. The molecule has 30 heavy (non-hydrogen) atoms. The molecule has 0 bridgehead atoms. The number of rotatable bonds is 3. The van der Waals surface area contributed by atoms with Gasteiger partial charge in [-0.1, -0.05) is 0 Å². The molecule has 0 aromatic carbocycles. The molecule has 0 saturated heterocycles. The number of nitrogens with zero attached hydrogens (tertiary/aromatic N) is 6. The molecule has 5 aromatic rings. The molecule has 5 rings (SSSR count). The van der Waals surface area contributed by atoms with Crippen LogP contribution in [0.15, 0.2) is 67.4 Å². The zero-order valence-corrected chi connectivity index (χ0v) is 15.9. The minimum atomic E-state index is -0.207. The fourth-order valence-electron chi connectivity index (χ4n) is 3.37. The first-order chi connectivity index (χ1) is 14.6. The predicted octanol–water partition coefficient (Wildman–Crippen LogP) is 3.42. The molecule has 8 heteroatoms. The van der Waals surface area contributed by atoms with E-state index in [9.17, 15) is 4.79 Å². The highest BCUT2D eigenvalue weighted by Gasteiger charge is 2.17. The number of pyridine rings is 3. The summed E-state index contributed by atoms with van der Waals surface area (Å²) >= 11 is 0. The molecule has 0 aliphatic heterocycles. The summed E-state index contributed by atoms with van der Waals surface area (Å²) in [7, 11) is 1.65. The average Bonchev–Trinajstić information content (AvgIpc) is 3.44. The summed E-state index contributed by atoms with van der Waals surface area (Å²) in [5.74, 6) is 0.260. The number of anilines is 1. The maximum Gasteiger partial charge on any atom is 0.259 e. The third-order valence-corrected chi connectivity index (χ3v) is 5.00. The smallest absolute Gasteiger partial charge is 0.259 e. The fourth-order valence-corrected chi connectivity index (χ4v) is 3.37. The van der Waals surface area contributed by atoms with Gasteiger partial charge in [-0.05, 0) is 36.4 Å². The van der Waals surface area contributed by atoms with Gasteiger partial charge in [-0.2, -0.15) is 10.4 Å². The van der Waals surface area contributed by atoms with Crippen molar-refractivity contribution in [1.82, 2.24) is 24.6 Å². The maximum atomic E-state index is 13.0. The molecule has 0 atom stereocenters. The lowest BCUT2D eigenvalue weighted by Crippen LogP contribution is -2.27. The zero-order valence-electron chi connectivity index (χ0n) is 15.9. The van der Waals surface area contributed by atoms with Gasteiger partial charge in [0.15, 0.2) is 0 Å². The van der Waals surface area contributed by atoms with E-state index in [0.29, 0.717) is 16.9 Å². The van der Waals surface area contributed by atoms with Crippen molar-refractivity contribution in [3.05, 3.63) is 78.5 Å². The van der Waals surface area contributed by atoms with Crippen LogP contribution >= 0.6 is 0 Å². The topological polar surface area (TPSA) is 103 Å². The molecule has 5 aromatic heterocycles. The molecule has 0 radical (unpaired) electrons. The van der Waals surface area contributed by atoms with Crippen molar-refractivity contribution < 1.29 is 4.79 Å². The SMILES string of the molecule is CN(C(=O)c1ccn2ncc(-c3cnc4[nH]ccc4c3)c2c1)c1ccc(C#N)cn1. The second kappa shape index (κ2) is 6.83. The monoisotopic (exact) mass is 393 g/mol. The molecule has 0 fully saturated rings. The van der Waals surface area contributed by atoms with Crippen LogP contribution in [0.5, 0.6) is 0 Å². The Balaban J connectivity index is 1.53. The second-order valence-electron chi connectivity index (χ2n) is 6.82. The lowest BCUT2D eigenvalue weighted by Gasteiger charge is -2.16. The minimum absolute atomic E-state index is 0.207. The predicted molar refractivity (Wildman–Crippen MR) is 112 cm³/mol. The number of aromatic amines is 1. The molecule has 0 spiro atoms. The van der Waals surface area contributed by atoms with Crippen LogP contribution in [0.1, 0.15) is 15.9 Å². The van der Waals surface area contributed by atoms with Crippen LogP contribution in [0.2, 0.25) is 0 Å². The Morgan fingerprint density at radius 2 is 2.03 bits per heavy atom.